The standard InChI is InChI=1S/C14H17NO4/c1-14(13(18)19)9-15(8-11(14)12(16)17)7-10-5-3-2-4-6-10/h2-6,11H,7-9H2,1H3,(H,16,17)(H,18,19)/t11-,14+/m1/s1. The van der Waals surface area contributed by atoms with Gasteiger partial charge in [-0.1, -0.05) is 30.3 Å². The summed E-state index contributed by atoms with van der Waals surface area (Å²) in [6.45, 7) is 2.62. The van der Waals surface area contributed by atoms with Gasteiger partial charge in [-0.15, -0.1) is 0 Å². The fraction of sp³-hybridized carbons (Fsp3) is 0.429. The van der Waals surface area contributed by atoms with Gasteiger partial charge < -0.3 is 10.2 Å². The highest BCUT2D eigenvalue weighted by atomic mass is 16.4. The van der Waals surface area contributed by atoms with Gasteiger partial charge in [0.1, 0.15) is 0 Å². The molecule has 19 heavy (non-hydrogen) atoms. The van der Waals surface area contributed by atoms with Crippen molar-refractivity contribution in [3.8, 4) is 0 Å². The molecule has 5 nitrogen and oxygen atoms in total. The average Bonchev–Trinajstić information content (AvgIpc) is 2.69. The van der Waals surface area contributed by atoms with E-state index in [4.69, 9.17) is 0 Å². The Morgan fingerprint density at radius 2 is 1.95 bits per heavy atom. The summed E-state index contributed by atoms with van der Waals surface area (Å²) in [5.41, 5.74) is -0.165. The van der Waals surface area contributed by atoms with Gasteiger partial charge in [0.05, 0.1) is 11.3 Å². The summed E-state index contributed by atoms with van der Waals surface area (Å²) in [6.07, 6.45) is 0. The van der Waals surface area contributed by atoms with Crippen molar-refractivity contribution < 1.29 is 19.8 Å². The molecule has 0 unspecified atom stereocenters. The number of nitrogens with zero attached hydrogens (tertiary/aromatic N) is 1. The first-order valence-corrected chi connectivity index (χ1v) is 6.16. The van der Waals surface area contributed by atoms with Crippen LogP contribution in [-0.2, 0) is 16.1 Å². The normalized spacial score (nSPS) is 27.3. The van der Waals surface area contributed by atoms with Crippen molar-refractivity contribution in [1.82, 2.24) is 4.90 Å². The largest absolute Gasteiger partial charge is 0.481 e. The van der Waals surface area contributed by atoms with Crippen molar-refractivity contribution in [1.29, 1.82) is 0 Å². The molecule has 1 aliphatic heterocycles. The number of carbonyl (C=O) groups is 2. The Morgan fingerprint density at radius 1 is 1.32 bits per heavy atom. The van der Waals surface area contributed by atoms with E-state index >= 15 is 0 Å². The van der Waals surface area contributed by atoms with Crippen LogP contribution >= 0.6 is 0 Å². The van der Waals surface area contributed by atoms with E-state index in [-0.39, 0.29) is 13.1 Å². The van der Waals surface area contributed by atoms with Crippen molar-refractivity contribution >= 4 is 11.9 Å². The quantitative estimate of drug-likeness (QED) is 0.856. The van der Waals surface area contributed by atoms with Crippen molar-refractivity contribution in [2.75, 3.05) is 13.1 Å². The Morgan fingerprint density at radius 3 is 2.42 bits per heavy atom. The number of hydrogen-bond acceptors (Lipinski definition) is 3. The highest BCUT2D eigenvalue weighted by Gasteiger charge is 2.52. The van der Waals surface area contributed by atoms with E-state index < -0.39 is 23.3 Å². The second-order valence-corrected chi connectivity index (χ2v) is 5.27. The van der Waals surface area contributed by atoms with Gasteiger partial charge in [0.2, 0.25) is 0 Å². The van der Waals surface area contributed by atoms with E-state index in [0.29, 0.717) is 6.54 Å². The van der Waals surface area contributed by atoms with Crippen LogP contribution in [0.25, 0.3) is 0 Å². The van der Waals surface area contributed by atoms with Crippen LogP contribution in [0.5, 0.6) is 0 Å². The van der Waals surface area contributed by atoms with Gasteiger partial charge in [-0.3, -0.25) is 14.5 Å². The molecule has 2 atom stereocenters. The van der Waals surface area contributed by atoms with Crippen LogP contribution in [0.1, 0.15) is 12.5 Å². The average molecular weight is 263 g/mol. The molecule has 1 aliphatic rings. The highest BCUT2D eigenvalue weighted by molar-refractivity contribution is 5.84. The minimum absolute atomic E-state index is 0.258. The molecule has 1 heterocycles. The summed E-state index contributed by atoms with van der Waals surface area (Å²) in [6, 6.07) is 9.64. The Labute approximate surface area is 111 Å². The van der Waals surface area contributed by atoms with E-state index in [9.17, 15) is 19.8 Å². The molecular formula is C14H17NO4. The van der Waals surface area contributed by atoms with Crippen molar-refractivity contribution in [3.05, 3.63) is 35.9 Å². The van der Waals surface area contributed by atoms with Crippen LogP contribution in [0.3, 0.4) is 0 Å². The molecule has 102 valence electrons. The zero-order valence-electron chi connectivity index (χ0n) is 10.7. The lowest BCUT2D eigenvalue weighted by atomic mass is 9.80. The molecule has 0 radical (unpaired) electrons. The molecule has 1 aromatic carbocycles. The van der Waals surface area contributed by atoms with Crippen LogP contribution in [0.2, 0.25) is 0 Å². The zero-order chi connectivity index (χ0) is 14.0. The predicted molar refractivity (Wildman–Crippen MR) is 68.6 cm³/mol. The molecule has 2 rings (SSSR count). The van der Waals surface area contributed by atoms with E-state index in [2.05, 4.69) is 0 Å². The molecule has 0 spiro atoms. The Kier molecular flexibility index (Phi) is 3.57. The Balaban J connectivity index is 2.15. The topological polar surface area (TPSA) is 77.8 Å². The van der Waals surface area contributed by atoms with Gasteiger partial charge in [0, 0.05) is 19.6 Å². The van der Waals surface area contributed by atoms with Gasteiger partial charge in [-0.05, 0) is 12.5 Å². The van der Waals surface area contributed by atoms with Crippen LogP contribution in [0.15, 0.2) is 30.3 Å². The van der Waals surface area contributed by atoms with Gasteiger partial charge >= 0.3 is 11.9 Å². The number of carboxylic acid groups (broad SMARTS) is 2. The second-order valence-electron chi connectivity index (χ2n) is 5.27. The van der Waals surface area contributed by atoms with E-state index in [1.54, 1.807) is 0 Å². The van der Waals surface area contributed by atoms with Gasteiger partial charge in [0.25, 0.3) is 0 Å². The smallest absolute Gasteiger partial charge is 0.311 e. The third-order valence-electron chi connectivity index (χ3n) is 3.80. The molecule has 0 saturated carbocycles. The van der Waals surface area contributed by atoms with E-state index in [0.717, 1.165) is 5.56 Å². The van der Waals surface area contributed by atoms with Crippen molar-refractivity contribution in [3.63, 3.8) is 0 Å². The maximum atomic E-state index is 11.3. The first-order chi connectivity index (χ1) is 8.93. The highest BCUT2D eigenvalue weighted by Crippen LogP contribution is 2.36. The number of likely N-dealkylation sites (tertiary alicyclic amines) is 1. The summed E-state index contributed by atoms with van der Waals surface area (Å²) < 4.78 is 0. The Hall–Kier alpha value is -1.88. The number of benzene rings is 1. The molecule has 0 aliphatic carbocycles. The lowest BCUT2D eigenvalue weighted by molar-refractivity contribution is -0.158. The summed E-state index contributed by atoms with van der Waals surface area (Å²) in [5, 5.41) is 18.5. The lowest BCUT2D eigenvalue weighted by Gasteiger charge is -2.22. The summed E-state index contributed by atoms with van der Waals surface area (Å²) >= 11 is 0. The van der Waals surface area contributed by atoms with Crippen LogP contribution in [0, 0.1) is 11.3 Å². The van der Waals surface area contributed by atoms with Crippen molar-refractivity contribution in [2.24, 2.45) is 11.3 Å². The maximum Gasteiger partial charge on any atom is 0.311 e. The molecule has 1 saturated heterocycles. The first kappa shape index (κ1) is 13.5. The second kappa shape index (κ2) is 5.01. The SMILES string of the molecule is C[C@]1(C(=O)O)CN(Cc2ccccc2)C[C@@H]1C(=O)O. The number of hydrogen-bond donors (Lipinski definition) is 2. The third kappa shape index (κ3) is 2.61. The molecule has 1 fully saturated rings. The molecule has 0 amide bonds. The van der Waals surface area contributed by atoms with Gasteiger partial charge in [-0.25, -0.2) is 0 Å². The molecule has 0 bridgehead atoms. The number of carboxylic acids is 2. The van der Waals surface area contributed by atoms with Crippen LogP contribution in [0.4, 0.5) is 0 Å². The summed E-state index contributed by atoms with van der Waals surface area (Å²) in [4.78, 5) is 24.5. The van der Waals surface area contributed by atoms with Crippen LogP contribution in [-0.4, -0.2) is 40.1 Å². The number of aliphatic carboxylic acids is 2. The van der Waals surface area contributed by atoms with Crippen LogP contribution < -0.4 is 0 Å². The minimum Gasteiger partial charge on any atom is -0.481 e. The lowest BCUT2D eigenvalue weighted by Crippen LogP contribution is -2.39. The Bertz CT molecular complexity index is 487. The molecular weight excluding hydrogens is 246 g/mol. The zero-order valence-corrected chi connectivity index (χ0v) is 10.7. The summed E-state index contributed by atoms with van der Waals surface area (Å²) in [7, 11) is 0. The molecule has 5 heteroatoms. The monoisotopic (exact) mass is 263 g/mol. The molecule has 1 aromatic rings. The van der Waals surface area contributed by atoms with Gasteiger partial charge in [-0.2, -0.15) is 0 Å². The number of rotatable bonds is 4. The fourth-order valence-corrected chi connectivity index (χ4v) is 2.63. The minimum atomic E-state index is -1.22. The van der Waals surface area contributed by atoms with Crippen molar-refractivity contribution in [2.45, 2.75) is 13.5 Å². The van der Waals surface area contributed by atoms with E-state index in [1.807, 2.05) is 35.2 Å². The third-order valence-corrected chi connectivity index (χ3v) is 3.80. The molecule has 0 aromatic heterocycles. The van der Waals surface area contributed by atoms with Gasteiger partial charge in [0.15, 0.2) is 0 Å². The summed E-state index contributed by atoms with van der Waals surface area (Å²) in [5.74, 6) is -2.95. The molecule has 2 N–H and O–H groups in total. The maximum absolute atomic E-state index is 11.3. The van der Waals surface area contributed by atoms with E-state index in [1.165, 1.54) is 6.92 Å². The first-order valence-electron chi connectivity index (χ1n) is 6.16. The fourth-order valence-electron chi connectivity index (χ4n) is 2.63. The predicted octanol–water partition coefficient (Wildman–Crippen LogP) is 1.29.